The number of likely N-dealkylation sites (tertiary alicyclic amines) is 1. The molecule has 1 aromatic carbocycles. The number of para-hydroxylation sites is 1. The van der Waals surface area contributed by atoms with E-state index >= 15 is 0 Å². The standard InChI is InChI=1S/C15H21NO2/c1-3-7-12-8-5-6-9-14(12)18-15-11-16(4-2)10-13(15)17/h3,5-6,8-9,13,15,17H,1,4,7,10-11H2,2H3/t13-,15-/m1/s1. The number of hydrogen-bond acceptors (Lipinski definition) is 3. The molecule has 2 atom stereocenters. The van der Waals surface area contributed by atoms with Gasteiger partial charge >= 0.3 is 0 Å². The second-order valence-corrected chi connectivity index (χ2v) is 4.68. The minimum Gasteiger partial charge on any atom is -0.486 e. The van der Waals surface area contributed by atoms with Crippen LogP contribution in [0.1, 0.15) is 12.5 Å². The van der Waals surface area contributed by atoms with Crippen molar-refractivity contribution in [2.45, 2.75) is 25.6 Å². The zero-order valence-corrected chi connectivity index (χ0v) is 10.9. The maximum atomic E-state index is 9.99. The lowest BCUT2D eigenvalue weighted by molar-refractivity contribution is 0.0731. The number of ether oxygens (including phenoxy) is 1. The molecule has 3 nitrogen and oxygen atoms in total. The molecule has 1 saturated heterocycles. The van der Waals surface area contributed by atoms with Crippen LogP contribution in [-0.4, -0.2) is 41.8 Å². The number of benzene rings is 1. The number of β-amino-alcohol motifs (C(OH)–C–C–N with tert-alkyl or cyclic N) is 1. The van der Waals surface area contributed by atoms with Crippen LogP contribution in [0.4, 0.5) is 0 Å². The Morgan fingerprint density at radius 2 is 2.22 bits per heavy atom. The van der Waals surface area contributed by atoms with E-state index in [4.69, 9.17) is 4.74 Å². The largest absolute Gasteiger partial charge is 0.486 e. The molecule has 1 aliphatic heterocycles. The highest BCUT2D eigenvalue weighted by molar-refractivity contribution is 5.35. The van der Waals surface area contributed by atoms with Crippen molar-refractivity contribution in [1.29, 1.82) is 0 Å². The molecule has 1 aliphatic rings. The Morgan fingerprint density at radius 1 is 1.44 bits per heavy atom. The summed E-state index contributed by atoms with van der Waals surface area (Å²) in [6.07, 6.45) is 2.12. The van der Waals surface area contributed by atoms with E-state index in [0.29, 0.717) is 6.54 Å². The van der Waals surface area contributed by atoms with E-state index < -0.39 is 6.10 Å². The summed E-state index contributed by atoms with van der Waals surface area (Å²) >= 11 is 0. The molecule has 98 valence electrons. The summed E-state index contributed by atoms with van der Waals surface area (Å²) in [5, 5.41) is 9.99. The van der Waals surface area contributed by atoms with Crippen molar-refractivity contribution in [1.82, 2.24) is 4.90 Å². The Kier molecular flexibility index (Phi) is 4.39. The van der Waals surface area contributed by atoms with Gasteiger partial charge < -0.3 is 9.84 Å². The number of hydrogen-bond donors (Lipinski definition) is 1. The average Bonchev–Trinajstić information content (AvgIpc) is 2.73. The molecule has 0 unspecified atom stereocenters. The van der Waals surface area contributed by atoms with Crippen molar-refractivity contribution in [2.24, 2.45) is 0 Å². The molecule has 18 heavy (non-hydrogen) atoms. The van der Waals surface area contributed by atoms with E-state index in [1.165, 1.54) is 0 Å². The maximum absolute atomic E-state index is 9.99. The fourth-order valence-corrected chi connectivity index (χ4v) is 2.31. The van der Waals surface area contributed by atoms with Gasteiger partial charge in [0.25, 0.3) is 0 Å². The van der Waals surface area contributed by atoms with Crippen LogP contribution in [0.15, 0.2) is 36.9 Å². The summed E-state index contributed by atoms with van der Waals surface area (Å²) in [5.41, 5.74) is 1.12. The van der Waals surface area contributed by atoms with Gasteiger partial charge in [-0.05, 0) is 24.6 Å². The third-order valence-corrected chi connectivity index (χ3v) is 3.37. The van der Waals surface area contributed by atoms with Crippen LogP contribution in [0, 0.1) is 0 Å². The summed E-state index contributed by atoms with van der Waals surface area (Å²) in [5.74, 6) is 0.861. The van der Waals surface area contributed by atoms with Crippen molar-refractivity contribution in [3.8, 4) is 5.75 Å². The topological polar surface area (TPSA) is 32.7 Å². The first-order chi connectivity index (χ1) is 8.74. The number of likely N-dealkylation sites (N-methyl/N-ethyl adjacent to an activating group) is 1. The van der Waals surface area contributed by atoms with Crippen LogP contribution in [-0.2, 0) is 6.42 Å². The van der Waals surface area contributed by atoms with Gasteiger partial charge in [-0.3, -0.25) is 4.90 Å². The number of nitrogens with zero attached hydrogens (tertiary/aromatic N) is 1. The Bertz CT molecular complexity index is 405. The van der Waals surface area contributed by atoms with Gasteiger partial charge in [0.2, 0.25) is 0 Å². The number of aliphatic hydroxyl groups is 1. The quantitative estimate of drug-likeness (QED) is 0.806. The first-order valence-corrected chi connectivity index (χ1v) is 6.50. The van der Waals surface area contributed by atoms with E-state index in [1.54, 1.807) is 0 Å². The van der Waals surface area contributed by atoms with Gasteiger partial charge in [0.15, 0.2) is 0 Å². The smallest absolute Gasteiger partial charge is 0.138 e. The summed E-state index contributed by atoms with van der Waals surface area (Å²) in [4.78, 5) is 2.20. The van der Waals surface area contributed by atoms with Gasteiger partial charge in [-0.1, -0.05) is 31.2 Å². The monoisotopic (exact) mass is 247 g/mol. The van der Waals surface area contributed by atoms with E-state index in [2.05, 4.69) is 18.4 Å². The average molecular weight is 247 g/mol. The fourth-order valence-electron chi connectivity index (χ4n) is 2.31. The lowest BCUT2D eigenvalue weighted by Crippen LogP contribution is -2.30. The third kappa shape index (κ3) is 2.92. The second kappa shape index (κ2) is 6.03. The Balaban J connectivity index is 2.07. The minimum absolute atomic E-state index is 0.129. The highest BCUT2D eigenvalue weighted by atomic mass is 16.5. The van der Waals surface area contributed by atoms with Gasteiger partial charge in [-0.15, -0.1) is 6.58 Å². The van der Waals surface area contributed by atoms with Crippen molar-refractivity contribution in [3.63, 3.8) is 0 Å². The normalized spacial score (nSPS) is 24.1. The minimum atomic E-state index is -0.401. The van der Waals surface area contributed by atoms with Crippen LogP contribution in [0.5, 0.6) is 5.75 Å². The van der Waals surface area contributed by atoms with E-state index in [9.17, 15) is 5.11 Å². The first-order valence-electron chi connectivity index (χ1n) is 6.50. The zero-order chi connectivity index (χ0) is 13.0. The zero-order valence-electron chi connectivity index (χ0n) is 10.9. The molecule has 3 heteroatoms. The summed E-state index contributed by atoms with van der Waals surface area (Å²) < 4.78 is 5.96. The lowest BCUT2D eigenvalue weighted by atomic mass is 10.1. The molecule has 0 aromatic heterocycles. The molecule has 1 heterocycles. The SMILES string of the molecule is C=CCc1ccccc1O[C@@H]1CN(CC)C[C@H]1O. The van der Waals surface area contributed by atoms with Gasteiger partial charge in [0.1, 0.15) is 18.0 Å². The molecule has 1 fully saturated rings. The number of aliphatic hydroxyl groups excluding tert-OH is 1. The molecule has 1 N–H and O–H groups in total. The molecule has 0 bridgehead atoms. The molecule has 0 radical (unpaired) electrons. The molecule has 0 spiro atoms. The predicted octanol–water partition coefficient (Wildman–Crippen LogP) is 1.86. The summed E-state index contributed by atoms with van der Waals surface area (Å²) in [7, 11) is 0. The van der Waals surface area contributed by atoms with Crippen LogP contribution >= 0.6 is 0 Å². The van der Waals surface area contributed by atoms with Gasteiger partial charge in [-0.2, -0.15) is 0 Å². The van der Waals surface area contributed by atoms with Crippen LogP contribution in [0.3, 0.4) is 0 Å². The summed E-state index contributed by atoms with van der Waals surface area (Å²) in [6, 6.07) is 7.95. The predicted molar refractivity (Wildman–Crippen MR) is 72.9 cm³/mol. The summed E-state index contributed by atoms with van der Waals surface area (Å²) in [6.45, 7) is 8.29. The van der Waals surface area contributed by atoms with Gasteiger partial charge in [-0.25, -0.2) is 0 Å². The van der Waals surface area contributed by atoms with Gasteiger partial charge in [0, 0.05) is 13.1 Å². The number of allylic oxidation sites excluding steroid dienone is 1. The molecule has 2 rings (SSSR count). The molecule has 1 aromatic rings. The van der Waals surface area contributed by atoms with Crippen molar-refractivity contribution in [2.75, 3.05) is 19.6 Å². The van der Waals surface area contributed by atoms with Crippen LogP contribution in [0.25, 0.3) is 0 Å². The van der Waals surface area contributed by atoms with Crippen molar-refractivity contribution >= 4 is 0 Å². The Labute approximate surface area is 109 Å². The van der Waals surface area contributed by atoms with E-state index in [-0.39, 0.29) is 6.10 Å². The van der Waals surface area contributed by atoms with Crippen LogP contribution < -0.4 is 4.74 Å². The Morgan fingerprint density at radius 3 is 2.89 bits per heavy atom. The highest BCUT2D eigenvalue weighted by Gasteiger charge is 2.32. The molecule has 0 amide bonds. The molecule has 0 aliphatic carbocycles. The van der Waals surface area contributed by atoms with E-state index in [0.717, 1.165) is 30.8 Å². The van der Waals surface area contributed by atoms with Crippen LogP contribution in [0.2, 0.25) is 0 Å². The molecular formula is C15H21NO2. The molecule has 0 saturated carbocycles. The van der Waals surface area contributed by atoms with Gasteiger partial charge in [0.05, 0.1) is 0 Å². The highest BCUT2D eigenvalue weighted by Crippen LogP contribution is 2.23. The maximum Gasteiger partial charge on any atom is 0.138 e. The van der Waals surface area contributed by atoms with Crippen molar-refractivity contribution < 1.29 is 9.84 Å². The third-order valence-electron chi connectivity index (χ3n) is 3.37. The fraction of sp³-hybridized carbons (Fsp3) is 0.467. The lowest BCUT2D eigenvalue weighted by Gasteiger charge is -2.18. The Hall–Kier alpha value is -1.32. The first kappa shape index (κ1) is 13.1. The molecular weight excluding hydrogens is 226 g/mol. The van der Waals surface area contributed by atoms with Crippen molar-refractivity contribution in [3.05, 3.63) is 42.5 Å². The second-order valence-electron chi connectivity index (χ2n) is 4.68. The van der Waals surface area contributed by atoms with E-state index in [1.807, 2.05) is 30.3 Å². The number of rotatable bonds is 5.